The second-order valence-corrected chi connectivity index (χ2v) is 7.25. The highest BCUT2D eigenvalue weighted by molar-refractivity contribution is 5.87. The van der Waals surface area contributed by atoms with Crippen LogP contribution in [0, 0.1) is 0 Å². The van der Waals surface area contributed by atoms with Crippen LogP contribution in [0.1, 0.15) is 67.8 Å². The SMILES string of the molecule is CCCCCC[C@H](O)/C=C/[C@H]1CCC(=O)N1CCc1ccc(C(=O)O)cc1. The van der Waals surface area contributed by atoms with Crippen molar-refractivity contribution < 1.29 is 19.8 Å². The molecule has 0 bridgehead atoms. The van der Waals surface area contributed by atoms with Crippen molar-refractivity contribution in [2.45, 2.75) is 70.4 Å². The molecule has 1 saturated heterocycles. The van der Waals surface area contributed by atoms with Gasteiger partial charge in [0.15, 0.2) is 0 Å². The third kappa shape index (κ3) is 6.83. The predicted molar refractivity (Wildman–Crippen MR) is 106 cm³/mol. The summed E-state index contributed by atoms with van der Waals surface area (Å²) >= 11 is 0. The number of carbonyl (C=O) groups is 2. The number of nitrogens with zero attached hydrogens (tertiary/aromatic N) is 1. The van der Waals surface area contributed by atoms with E-state index < -0.39 is 12.1 Å². The Bertz CT molecular complexity index is 638. The molecule has 1 aliphatic rings. The monoisotopic (exact) mass is 373 g/mol. The van der Waals surface area contributed by atoms with Crippen molar-refractivity contribution in [2.75, 3.05) is 6.54 Å². The van der Waals surface area contributed by atoms with Gasteiger partial charge in [0, 0.05) is 13.0 Å². The van der Waals surface area contributed by atoms with Gasteiger partial charge in [-0.05, 0) is 37.0 Å². The summed E-state index contributed by atoms with van der Waals surface area (Å²) in [5.41, 5.74) is 1.28. The Morgan fingerprint density at radius 3 is 2.67 bits per heavy atom. The lowest BCUT2D eigenvalue weighted by Gasteiger charge is -2.23. The number of rotatable bonds is 11. The van der Waals surface area contributed by atoms with Crippen molar-refractivity contribution in [3.63, 3.8) is 0 Å². The van der Waals surface area contributed by atoms with E-state index in [-0.39, 0.29) is 17.5 Å². The van der Waals surface area contributed by atoms with E-state index in [0.717, 1.165) is 31.2 Å². The first-order valence-electron chi connectivity index (χ1n) is 9.99. The van der Waals surface area contributed by atoms with E-state index in [4.69, 9.17) is 5.11 Å². The molecule has 5 heteroatoms. The van der Waals surface area contributed by atoms with Gasteiger partial charge in [-0.3, -0.25) is 4.79 Å². The molecule has 2 rings (SSSR count). The minimum Gasteiger partial charge on any atom is -0.478 e. The fraction of sp³-hybridized carbons (Fsp3) is 0.545. The van der Waals surface area contributed by atoms with Crippen LogP contribution in [0.2, 0.25) is 0 Å². The van der Waals surface area contributed by atoms with Gasteiger partial charge in [0.05, 0.1) is 17.7 Å². The molecule has 27 heavy (non-hydrogen) atoms. The van der Waals surface area contributed by atoms with Gasteiger partial charge < -0.3 is 15.1 Å². The highest BCUT2D eigenvalue weighted by atomic mass is 16.4. The number of amides is 1. The number of unbranched alkanes of at least 4 members (excludes halogenated alkanes) is 3. The van der Waals surface area contributed by atoms with E-state index in [1.807, 2.05) is 17.1 Å². The third-order valence-corrected chi connectivity index (χ3v) is 5.13. The molecule has 1 fully saturated rings. The van der Waals surface area contributed by atoms with Crippen LogP contribution in [-0.4, -0.2) is 45.7 Å². The predicted octanol–water partition coefficient (Wildman–Crippen LogP) is 3.81. The summed E-state index contributed by atoms with van der Waals surface area (Å²) in [5.74, 6) is -0.793. The molecular weight excluding hydrogens is 342 g/mol. The van der Waals surface area contributed by atoms with Crippen molar-refractivity contribution in [3.8, 4) is 0 Å². The maximum atomic E-state index is 12.2. The van der Waals surface area contributed by atoms with Crippen LogP contribution in [0.25, 0.3) is 0 Å². The summed E-state index contributed by atoms with van der Waals surface area (Å²) in [7, 11) is 0. The largest absolute Gasteiger partial charge is 0.478 e. The highest BCUT2D eigenvalue weighted by Crippen LogP contribution is 2.21. The molecule has 2 atom stereocenters. The lowest BCUT2D eigenvalue weighted by molar-refractivity contribution is -0.128. The summed E-state index contributed by atoms with van der Waals surface area (Å²) < 4.78 is 0. The zero-order chi connectivity index (χ0) is 19.6. The van der Waals surface area contributed by atoms with Gasteiger partial charge in [-0.25, -0.2) is 4.79 Å². The summed E-state index contributed by atoms with van der Waals surface area (Å²) in [6, 6.07) is 6.83. The number of aliphatic hydroxyl groups is 1. The zero-order valence-corrected chi connectivity index (χ0v) is 16.1. The molecule has 0 aromatic heterocycles. The number of carbonyl (C=O) groups excluding carboxylic acids is 1. The van der Waals surface area contributed by atoms with Crippen molar-refractivity contribution in [3.05, 3.63) is 47.5 Å². The Morgan fingerprint density at radius 2 is 2.00 bits per heavy atom. The van der Waals surface area contributed by atoms with Gasteiger partial charge in [0.1, 0.15) is 0 Å². The second-order valence-electron chi connectivity index (χ2n) is 7.25. The fourth-order valence-corrected chi connectivity index (χ4v) is 3.44. The first kappa shape index (κ1) is 21.2. The van der Waals surface area contributed by atoms with Crippen LogP contribution in [0.5, 0.6) is 0 Å². The Morgan fingerprint density at radius 1 is 1.26 bits per heavy atom. The summed E-state index contributed by atoms with van der Waals surface area (Å²) in [5, 5.41) is 19.1. The van der Waals surface area contributed by atoms with Gasteiger partial charge in [0.25, 0.3) is 0 Å². The topological polar surface area (TPSA) is 77.8 Å². The zero-order valence-electron chi connectivity index (χ0n) is 16.1. The molecule has 0 radical (unpaired) electrons. The molecule has 5 nitrogen and oxygen atoms in total. The molecule has 0 spiro atoms. The van der Waals surface area contributed by atoms with Crippen molar-refractivity contribution in [1.29, 1.82) is 0 Å². The molecule has 1 aliphatic heterocycles. The normalized spacial score (nSPS) is 18.4. The van der Waals surface area contributed by atoms with Gasteiger partial charge in [-0.15, -0.1) is 0 Å². The first-order chi connectivity index (χ1) is 13.0. The number of hydrogen-bond acceptors (Lipinski definition) is 3. The van der Waals surface area contributed by atoms with Crippen LogP contribution in [0.15, 0.2) is 36.4 Å². The van der Waals surface area contributed by atoms with Crippen LogP contribution in [0.4, 0.5) is 0 Å². The maximum Gasteiger partial charge on any atom is 0.335 e. The summed E-state index contributed by atoms with van der Waals surface area (Å²) in [4.78, 5) is 25.0. The fourth-order valence-electron chi connectivity index (χ4n) is 3.44. The highest BCUT2D eigenvalue weighted by Gasteiger charge is 2.28. The van der Waals surface area contributed by atoms with E-state index in [2.05, 4.69) is 6.92 Å². The van der Waals surface area contributed by atoms with Crippen LogP contribution < -0.4 is 0 Å². The minimum atomic E-state index is -0.935. The van der Waals surface area contributed by atoms with Gasteiger partial charge in [0.2, 0.25) is 5.91 Å². The Hall–Kier alpha value is -2.14. The third-order valence-electron chi connectivity index (χ3n) is 5.13. The van der Waals surface area contributed by atoms with Crippen LogP contribution in [-0.2, 0) is 11.2 Å². The smallest absolute Gasteiger partial charge is 0.335 e. The molecule has 148 valence electrons. The van der Waals surface area contributed by atoms with Crippen LogP contribution in [0.3, 0.4) is 0 Å². The number of aliphatic hydroxyl groups excluding tert-OH is 1. The molecule has 0 saturated carbocycles. The number of likely N-dealkylation sites (tertiary alicyclic amines) is 1. The summed E-state index contributed by atoms with van der Waals surface area (Å²) in [6.45, 7) is 2.77. The number of aromatic carboxylic acids is 1. The number of carboxylic acids is 1. The minimum absolute atomic E-state index is 0.0427. The molecule has 1 aromatic rings. The molecule has 0 aliphatic carbocycles. The second kappa shape index (κ2) is 10.9. The van der Waals surface area contributed by atoms with Crippen molar-refractivity contribution in [2.24, 2.45) is 0 Å². The molecule has 0 unspecified atom stereocenters. The first-order valence-corrected chi connectivity index (χ1v) is 9.99. The lowest BCUT2D eigenvalue weighted by atomic mass is 10.1. The standard InChI is InChI=1S/C22H31NO4/c1-2-3-4-5-6-20(24)13-11-19-12-14-21(25)23(19)16-15-17-7-9-18(10-8-17)22(26)27/h7-11,13,19-20,24H,2-6,12,14-16H2,1H3,(H,26,27)/b13-11+/t19-,20-/m0/s1. The number of hydrogen-bond donors (Lipinski definition) is 2. The Labute approximate surface area is 161 Å². The van der Waals surface area contributed by atoms with Crippen molar-refractivity contribution >= 4 is 11.9 Å². The van der Waals surface area contributed by atoms with E-state index in [1.165, 1.54) is 12.8 Å². The molecule has 1 aromatic carbocycles. The lowest BCUT2D eigenvalue weighted by Crippen LogP contribution is -2.33. The molecule has 1 amide bonds. The Balaban J connectivity index is 1.84. The molecule has 2 N–H and O–H groups in total. The average Bonchev–Trinajstić information content (AvgIpc) is 3.02. The average molecular weight is 373 g/mol. The quantitative estimate of drug-likeness (QED) is 0.457. The van der Waals surface area contributed by atoms with E-state index in [0.29, 0.717) is 19.4 Å². The molecule has 1 heterocycles. The summed E-state index contributed by atoms with van der Waals surface area (Å²) in [6.07, 6.45) is 10.7. The van der Waals surface area contributed by atoms with Gasteiger partial charge in [-0.2, -0.15) is 0 Å². The van der Waals surface area contributed by atoms with Gasteiger partial charge >= 0.3 is 5.97 Å². The van der Waals surface area contributed by atoms with E-state index in [1.54, 1.807) is 24.3 Å². The van der Waals surface area contributed by atoms with E-state index in [9.17, 15) is 14.7 Å². The van der Waals surface area contributed by atoms with Crippen molar-refractivity contribution in [1.82, 2.24) is 4.90 Å². The van der Waals surface area contributed by atoms with Gasteiger partial charge in [-0.1, -0.05) is 56.9 Å². The van der Waals surface area contributed by atoms with E-state index >= 15 is 0 Å². The molecular formula is C22H31NO4. The Kier molecular flexibility index (Phi) is 8.52. The number of carboxylic acid groups (broad SMARTS) is 1. The maximum absolute atomic E-state index is 12.2. The van der Waals surface area contributed by atoms with Crippen LogP contribution >= 0.6 is 0 Å². The number of benzene rings is 1.